The minimum atomic E-state index is 0.277. The van der Waals surface area contributed by atoms with Gasteiger partial charge in [-0.15, -0.1) is 0 Å². The van der Waals surface area contributed by atoms with Gasteiger partial charge in [0.25, 0.3) is 0 Å². The van der Waals surface area contributed by atoms with Gasteiger partial charge in [0.05, 0.1) is 6.04 Å². The molecular weight excluding hydrogens is 388 g/mol. The lowest BCUT2D eigenvalue weighted by Crippen LogP contribution is -2.47. The van der Waals surface area contributed by atoms with Crippen LogP contribution in [0.5, 0.6) is 0 Å². The van der Waals surface area contributed by atoms with Crippen LogP contribution in [0.3, 0.4) is 0 Å². The molecule has 0 amide bonds. The smallest absolute Gasteiger partial charge is 0.0602 e. The quantitative estimate of drug-likeness (QED) is 0.459. The Morgan fingerprint density at radius 2 is 1.40 bits per heavy atom. The zero-order valence-electron chi connectivity index (χ0n) is 18.4. The molecule has 1 atom stereocenters. The Kier molecular flexibility index (Phi) is 8.50. The summed E-state index contributed by atoms with van der Waals surface area (Å²) in [5, 5.41) is 0.790. The summed E-state index contributed by atoms with van der Waals surface area (Å²) in [4.78, 5) is 5.17. The Balaban J connectivity index is 0.00000124. The minimum Gasteiger partial charge on any atom is -0.297 e. The lowest BCUT2D eigenvalue weighted by molar-refractivity contribution is 0.105. The second-order valence-electron chi connectivity index (χ2n) is 7.67. The maximum atomic E-state index is 6.14. The SMILES string of the molecule is CC.Cc1cccc(CN2CCN(C(c3ccccc3)c3ccc(Cl)cc3)CC2)c1. The predicted octanol–water partition coefficient (Wildman–Crippen LogP) is 6.58. The average Bonchev–Trinajstić information content (AvgIpc) is 2.79. The molecule has 3 aromatic rings. The van der Waals surface area contributed by atoms with Crippen molar-refractivity contribution in [2.24, 2.45) is 0 Å². The third kappa shape index (κ3) is 5.95. The van der Waals surface area contributed by atoms with Crippen molar-refractivity contribution in [2.75, 3.05) is 26.2 Å². The van der Waals surface area contributed by atoms with E-state index in [4.69, 9.17) is 11.6 Å². The normalized spacial score (nSPS) is 15.9. The summed E-state index contributed by atoms with van der Waals surface area (Å²) in [6.07, 6.45) is 0. The van der Waals surface area contributed by atoms with Gasteiger partial charge in [0.15, 0.2) is 0 Å². The first-order chi connectivity index (χ1) is 14.7. The van der Waals surface area contributed by atoms with Gasteiger partial charge in [-0.25, -0.2) is 0 Å². The van der Waals surface area contributed by atoms with Gasteiger partial charge in [0.1, 0.15) is 0 Å². The number of hydrogen-bond donors (Lipinski definition) is 0. The minimum absolute atomic E-state index is 0.277. The summed E-state index contributed by atoms with van der Waals surface area (Å²) in [7, 11) is 0. The highest BCUT2D eigenvalue weighted by Gasteiger charge is 2.26. The second-order valence-corrected chi connectivity index (χ2v) is 8.10. The highest BCUT2D eigenvalue weighted by molar-refractivity contribution is 6.30. The fraction of sp³-hybridized carbons (Fsp3) is 0.333. The van der Waals surface area contributed by atoms with E-state index in [-0.39, 0.29) is 6.04 Å². The molecule has 0 bridgehead atoms. The monoisotopic (exact) mass is 420 g/mol. The molecule has 1 aliphatic heterocycles. The molecule has 0 spiro atoms. The Morgan fingerprint density at radius 1 is 0.767 bits per heavy atom. The van der Waals surface area contributed by atoms with Gasteiger partial charge in [-0.1, -0.05) is 97.7 Å². The van der Waals surface area contributed by atoms with E-state index in [9.17, 15) is 0 Å². The van der Waals surface area contributed by atoms with Crippen molar-refractivity contribution in [2.45, 2.75) is 33.4 Å². The van der Waals surface area contributed by atoms with Gasteiger partial charge in [-0.2, -0.15) is 0 Å². The average molecular weight is 421 g/mol. The van der Waals surface area contributed by atoms with E-state index < -0.39 is 0 Å². The molecule has 3 heteroatoms. The van der Waals surface area contributed by atoms with Crippen molar-refractivity contribution in [1.29, 1.82) is 0 Å². The van der Waals surface area contributed by atoms with Crippen LogP contribution in [-0.4, -0.2) is 36.0 Å². The highest BCUT2D eigenvalue weighted by Crippen LogP contribution is 2.30. The van der Waals surface area contributed by atoms with Crippen LogP contribution in [0, 0.1) is 6.92 Å². The second kappa shape index (κ2) is 11.3. The molecule has 2 nitrogen and oxygen atoms in total. The first kappa shape index (κ1) is 22.6. The van der Waals surface area contributed by atoms with Gasteiger partial charge in [-0.3, -0.25) is 9.80 Å². The number of halogens is 1. The van der Waals surface area contributed by atoms with Crippen molar-refractivity contribution in [3.05, 3.63) is 106 Å². The van der Waals surface area contributed by atoms with Gasteiger partial charge in [0.2, 0.25) is 0 Å². The van der Waals surface area contributed by atoms with Crippen LogP contribution >= 0.6 is 11.6 Å². The van der Waals surface area contributed by atoms with E-state index in [1.807, 2.05) is 26.0 Å². The molecule has 0 radical (unpaired) electrons. The van der Waals surface area contributed by atoms with Crippen LogP contribution in [0.1, 0.15) is 42.1 Å². The number of hydrogen-bond acceptors (Lipinski definition) is 2. The summed E-state index contributed by atoms with van der Waals surface area (Å²) >= 11 is 6.14. The number of nitrogens with zero attached hydrogens (tertiary/aromatic N) is 2. The third-order valence-electron chi connectivity index (χ3n) is 5.56. The zero-order chi connectivity index (χ0) is 21.3. The zero-order valence-corrected chi connectivity index (χ0v) is 19.1. The molecule has 0 saturated carbocycles. The number of piperazine rings is 1. The Morgan fingerprint density at radius 3 is 2.03 bits per heavy atom. The maximum Gasteiger partial charge on any atom is 0.0602 e. The molecule has 1 unspecified atom stereocenters. The molecular formula is C27H33ClN2. The molecule has 1 fully saturated rings. The van der Waals surface area contributed by atoms with Gasteiger partial charge in [-0.05, 0) is 35.7 Å². The van der Waals surface area contributed by atoms with Crippen LogP contribution in [-0.2, 0) is 6.54 Å². The fourth-order valence-electron chi connectivity index (χ4n) is 4.14. The Bertz CT molecular complexity index is 884. The summed E-state index contributed by atoms with van der Waals surface area (Å²) in [6, 6.07) is 28.3. The van der Waals surface area contributed by atoms with Crippen molar-refractivity contribution in [1.82, 2.24) is 9.80 Å². The lowest BCUT2D eigenvalue weighted by Gasteiger charge is -2.40. The van der Waals surface area contributed by atoms with Crippen LogP contribution in [0.4, 0.5) is 0 Å². The maximum absolute atomic E-state index is 6.14. The highest BCUT2D eigenvalue weighted by atomic mass is 35.5. The summed E-state index contributed by atoms with van der Waals surface area (Å²) in [5.74, 6) is 0. The van der Waals surface area contributed by atoms with Crippen molar-refractivity contribution >= 4 is 11.6 Å². The predicted molar refractivity (Wildman–Crippen MR) is 129 cm³/mol. The van der Waals surface area contributed by atoms with Gasteiger partial charge >= 0.3 is 0 Å². The van der Waals surface area contributed by atoms with Crippen molar-refractivity contribution in [3.63, 3.8) is 0 Å². The van der Waals surface area contributed by atoms with E-state index >= 15 is 0 Å². The Labute approximate surface area is 187 Å². The van der Waals surface area contributed by atoms with E-state index in [1.165, 1.54) is 22.3 Å². The summed E-state index contributed by atoms with van der Waals surface area (Å²) in [5.41, 5.74) is 5.40. The van der Waals surface area contributed by atoms with E-state index in [0.29, 0.717) is 0 Å². The molecule has 1 aliphatic rings. The molecule has 158 valence electrons. The van der Waals surface area contributed by atoms with Crippen LogP contribution in [0.15, 0.2) is 78.9 Å². The third-order valence-corrected chi connectivity index (χ3v) is 5.81. The van der Waals surface area contributed by atoms with Gasteiger partial charge < -0.3 is 0 Å². The molecule has 1 heterocycles. The number of benzene rings is 3. The topological polar surface area (TPSA) is 6.48 Å². The van der Waals surface area contributed by atoms with E-state index in [2.05, 4.69) is 83.5 Å². The summed E-state index contributed by atoms with van der Waals surface area (Å²) < 4.78 is 0. The number of aryl methyl sites for hydroxylation is 1. The molecule has 0 N–H and O–H groups in total. The molecule has 0 aliphatic carbocycles. The standard InChI is InChI=1S/C25H27ClN2.C2H6/c1-20-6-5-7-21(18-20)19-27-14-16-28(17-15-27)25(22-8-3-2-4-9-22)23-10-12-24(26)13-11-23;1-2/h2-13,18,25H,14-17,19H2,1H3;1-2H3. The van der Waals surface area contributed by atoms with Crippen molar-refractivity contribution in [3.8, 4) is 0 Å². The van der Waals surface area contributed by atoms with Gasteiger partial charge in [0, 0.05) is 37.7 Å². The van der Waals surface area contributed by atoms with E-state index in [1.54, 1.807) is 0 Å². The van der Waals surface area contributed by atoms with E-state index in [0.717, 1.165) is 37.7 Å². The first-order valence-electron chi connectivity index (χ1n) is 11.0. The molecule has 4 rings (SSSR count). The largest absolute Gasteiger partial charge is 0.297 e. The summed E-state index contributed by atoms with van der Waals surface area (Å²) in [6.45, 7) is 11.5. The molecule has 0 aromatic heterocycles. The fourth-order valence-corrected chi connectivity index (χ4v) is 4.27. The Hall–Kier alpha value is -2.13. The van der Waals surface area contributed by atoms with Crippen LogP contribution in [0.25, 0.3) is 0 Å². The van der Waals surface area contributed by atoms with Crippen molar-refractivity contribution < 1.29 is 0 Å². The molecule has 30 heavy (non-hydrogen) atoms. The molecule has 3 aromatic carbocycles. The lowest BCUT2D eigenvalue weighted by atomic mass is 9.96. The molecule has 1 saturated heterocycles. The first-order valence-corrected chi connectivity index (χ1v) is 11.4. The number of rotatable bonds is 5. The van der Waals surface area contributed by atoms with Crippen LogP contribution in [0.2, 0.25) is 5.02 Å². The van der Waals surface area contributed by atoms with Crippen LogP contribution < -0.4 is 0 Å².